The van der Waals surface area contributed by atoms with Crippen molar-refractivity contribution in [2.45, 2.75) is 58.3 Å². The van der Waals surface area contributed by atoms with Gasteiger partial charge < -0.3 is 4.79 Å². The molecule has 1 rings (SSSR count). The second-order valence-electron chi connectivity index (χ2n) is 4.38. The van der Waals surface area contributed by atoms with Crippen molar-refractivity contribution in [3.05, 3.63) is 11.6 Å². The van der Waals surface area contributed by atoms with E-state index in [0.29, 0.717) is 0 Å². The number of hydrogen-bond acceptors (Lipinski definition) is 1. The van der Waals surface area contributed by atoms with Gasteiger partial charge in [-0.2, -0.15) is 0 Å². The van der Waals surface area contributed by atoms with Crippen LogP contribution in [-0.2, 0) is 4.79 Å². The molecule has 0 amide bonds. The van der Waals surface area contributed by atoms with Crippen molar-refractivity contribution in [2.75, 3.05) is 0 Å². The Bertz CT molecular complexity index is 193. The molecule has 1 aliphatic carbocycles. The van der Waals surface area contributed by atoms with E-state index in [-0.39, 0.29) is 0 Å². The summed E-state index contributed by atoms with van der Waals surface area (Å²) >= 11 is 0. The molecule has 0 spiro atoms. The van der Waals surface area contributed by atoms with Crippen LogP contribution in [0.5, 0.6) is 0 Å². The van der Waals surface area contributed by atoms with Crippen LogP contribution in [0.2, 0.25) is 0 Å². The molecule has 0 aromatic rings. The Balaban J connectivity index is 2.17. The zero-order chi connectivity index (χ0) is 10.2. The first-order valence-corrected chi connectivity index (χ1v) is 5.97. The van der Waals surface area contributed by atoms with E-state index in [9.17, 15) is 4.79 Å². The molecule has 1 heteroatoms. The molecule has 0 aromatic heterocycles. The predicted octanol–water partition coefficient (Wildman–Crippen LogP) is 3.88. The summed E-state index contributed by atoms with van der Waals surface area (Å²) in [5.41, 5.74) is 1.67. The molecule has 1 saturated carbocycles. The quantitative estimate of drug-likeness (QED) is 0.369. The summed E-state index contributed by atoms with van der Waals surface area (Å²) in [5.74, 6) is 0.815. The summed E-state index contributed by atoms with van der Waals surface area (Å²) in [4.78, 5) is 10.1. The molecule has 1 nitrogen and oxygen atoms in total. The van der Waals surface area contributed by atoms with Gasteiger partial charge in [0.05, 0.1) is 0 Å². The van der Waals surface area contributed by atoms with Crippen LogP contribution in [-0.4, -0.2) is 6.29 Å². The molecule has 1 atom stereocenters. The van der Waals surface area contributed by atoms with Gasteiger partial charge in [-0.15, -0.1) is 0 Å². The maximum Gasteiger partial charge on any atom is 0.119 e. The molecule has 80 valence electrons. The Morgan fingerprint density at radius 2 is 2.07 bits per heavy atom. The average Bonchev–Trinajstić information content (AvgIpc) is 2.20. The Kier molecular flexibility index (Phi) is 5.58. The normalized spacial score (nSPS) is 25.2. The lowest BCUT2D eigenvalue weighted by Gasteiger charge is -2.21. The Labute approximate surface area is 87.6 Å². The van der Waals surface area contributed by atoms with Crippen LogP contribution in [0.4, 0.5) is 0 Å². The monoisotopic (exact) mass is 194 g/mol. The van der Waals surface area contributed by atoms with Gasteiger partial charge in [0.15, 0.2) is 0 Å². The largest absolute Gasteiger partial charge is 0.303 e. The molecule has 0 aromatic carbocycles. The Hall–Kier alpha value is -0.590. The number of allylic oxidation sites excluding steroid dienone is 2. The zero-order valence-corrected chi connectivity index (χ0v) is 9.30. The highest BCUT2D eigenvalue weighted by atomic mass is 16.1. The van der Waals surface area contributed by atoms with Crippen LogP contribution in [0, 0.1) is 5.92 Å². The Morgan fingerprint density at radius 3 is 2.79 bits per heavy atom. The van der Waals surface area contributed by atoms with Crippen LogP contribution in [0.3, 0.4) is 0 Å². The standard InChI is InChI=1S/C13H22O/c1-12-8-5-6-10-13(12)9-4-2-3-7-11-14/h9,11-12H,2-8,10H2,1H3. The van der Waals surface area contributed by atoms with Crippen LogP contribution >= 0.6 is 0 Å². The second kappa shape index (κ2) is 6.80. The fourth-order valence-electron chi connectivity index (χ4n) is 2.17. The third-order valence-electron chi connectivity index (χ3n) is 3.17. The van der Waals surface area contributed by atoms with Gasteiger partial charge in [-0.3, -0.25) is 0 Å². The minimum absolute atomic E-state index is 0.735. The maximum absolute atomic E-state index is 10.1. The molecule has 1 aliphatic rings. The van der Waals surface area contributed by atoms with E-state index in [1.54, 1.807) is 5.57 Å². The molecule has 1 unspecified atom stereocenters. The van der Waals surface area contributed by atoms with Crippen molar-refractivity contribution in [2.24, 2.45) is 5.92 Å². The number of hydrogen-bond donors (Lipinski definition) is 0. The molecule has 0 saturated heterocycles. The van der Waals surface area contributed by atoms with Crippen molar-refractivity contribution in [3.8, 4) is 0 Å². The number of rotatable bonds is 5. The van der Waals surface area contributed by atoms with E-state index < -0.39 is 0 Å². The first kappa shape index (κ1) is 11.5. The Morgan fingerprint density at radius 1 is 1.29 bits per heavy atom. The highest BCUT2D eigenvalue weighted by Gasteiger charge is 2.12. The maximum atomic E-state index is 10.1. The summed E-state index contributed by atoms with van der Waals surface area (Å²) in [6.45, 7) is 2.34. The second-order valence-corrected chi connectivity index (χ2v) is 4.38. The lowest BCUT2D eigenvalue weighted by Crippen LogP contribution is -2.05. The van der Waals surface area contributed by atoms with E-state index in [1.807, 2.05) is 0 Å². The third-order valence-corrected chi connectivity index (χ3v) is 3.17. The van der Waals surface area contributed by atoms with Crippen LogP contribution in [0.1, 0.15) is 58.3 Å². The van der Waals surface area contributed by atoms with Gasteiger partial charge in [-0.1, -0.05) is 25.0 Å². The first-order chi connectivity index (χ1) is 6.84. The van der Waals surface area contributed by atoms with Gasteiger partial charge >= 0.3 is 0 Å². The summed E-state index contributed by atoms with van der Waals surface area (Å²) < 4.78 is 0. The SMILES string of the molecule is CC1CCCCC1=CCCCCC=O. The summed E-state index contributed by atoms with van der Waals surface area (Å²) in [6.07, 6.45) is 13.1. The van der Waals surface area contributed by atoms with Crippen LogP contribution in [0.25, 0.3) is 0 Å². The molecule has 0 bridgehead atoms. The number of unbranched alkanes of at least 4 members (excludes halogenated alkanes) is 3. The van der Waals surface area contributed by atoms with Gasteiger partial charge in [-0.05, 0) is 44.4 Å². The van der Waals surface area contributed by atoms with Gasteiger partial charge in [0.1, 0.15) is 6.29 Å². The van der Waals surface area contributed by atoms with Crippen molar-refractivity contribution in [3.63, 3.8) is 0 Å². The minimum atomic E-state index is 0.735. The molecule has 14 heavy (non-hydrogen) atoms. The molecular formula is C13H22O. The predicted molar refractivity (Wildman–Crippen MR) is 60.2 cm³/mol. The fourth-order valence-corrected chi connectivity index (χ4v) is 2.17. The number of carbonyl (C=O) groups excluding carboxylic acids is 1. The average molecular weight is 194 g/mol. The van der Waals surface area contributed by atoms with Crippen molar-refractivity contribution in [1.82, 2.24) is 0 Å². The van der Waals surface area contributed by atoms with Crippen LogP contribution in [0.15, 0.2) is 11.6 Å². The lowest BCUT2D eigenvalue weighted by atomic mass is 9.85. The van der Waals surface area contributed by atoms with Crippen LogP contribution < -0.4 is 0 Å². The van der Waals surface area contributed by atoms with Crippen molar-refractivity contribution in [1.29, 1.82) is 0 Å². The smallest absolute Gasteiger partial charge is 0.119 e. The number of carbonyl (C=O) groups is 1. The lowest BCUT2D eigenvalue weighted by molar-refractivity contribution is -0.107. The summed E-state index contributed by atoms with van der Waals surface area (Å²) in [5, 5.41) is 0. The molecule has 0 heterocycles. The third kappa shape index (κ3) is 4.08. The van der Waals surface area contributed by atoms with Gasteiger partial charge in [0.2, 0.25) is 0 Å². The summed E-state index contributed by atoms with van der Waals surface area (Å²) in [7, 11) is 0. The molecule has 0 N–H and O–H groups in total. The van der Waals surface area contributed by atoms with E-state index in [0.717, 1.165) is 25.0 Å². The van der Waals surface area contributed by atoms with Gasteiger partial charge in [0.25, 0.3) is 0 Å². The number of aldehydes is 1. The van der Waals surface area contributed by atoms with Gasteiger partial charge in [0, 0.05) is 6.42 Å². The highest BCUT2D eigenvalue weighted by Crippen LogP contribution is 2.29. The molecule has 1 fully saturated rings. The topological polar surface area (TPSA) is 17.1 Å². The van der Waals surface area contributed by atoms with Gasteiger partial charge in [-0.25, -0.2) is 0 Å². The van der Waals surface area contributed by atoms with E-state index in [4.69, 9.17) is 0 Å². The van der Waals surface area contributed by atoms with E-state index in [2.05, 4.69) is 13.0 Å². The molecule has 0 radical (unpaired) electrons. The zero-order valence-electron chi connectivity index (χ0n) is 9.30. The highest BCUT2D eigenvalue weighted by molar-refractivity contribution is 5.48. The minimum Gasteiger partial charge on any atom is -0.303 e. The molecule has 0 aliphatic heterocycles. The van der Waals surface area contributed by atoms with E-state index in [1.165, 1.54) is 38.5 Å². The van der Waals surface area contributed by atoms with Crippen molar-refractivity contribution >= 4 is 6.29 Å². The summed E-state index contributed by atoms with van der Waals surface area (Å²) in [6, 6.07) is 0. The fraction of sp³-hybridized carbons (Fsp3) is 0.769. The van der Waals surface area contributed by atoms with E-state index >= 15 is 0 Å². The van der Waals surface area contributed by atoms with Crippen molar-refractivity contribution < 1.29 is 4.79 Å². The first-order valence-electron chi connectivity index (χ1n) is 5.97. The molecular weight excluding hydrogens is 172 g/mol.